The quantitative estimate of drug-likeness (QED) is 0.612. The van der Waals surface area contributed by atoms with Gasteiger partial charge in [-0.05, 0) is 46.6 Å². The molecule has 0 saturated carbocycles. The Morgan fingerprint density at radius 3 is 2.50 bits per heavy atom. The van der Waals surface area contributed by atoms with Crippen molar-refractivity contribution in [3.05, 3.63) is 61.6 Å². The molecule has 0 aliphatic heterocycles. The number of nitro groups is 1. The molecule has 0 amide bonds. The first-order valence-electron chi connectivity index (χ1n) is 5.93. The van der Waals surface area contributed by atoms with Crippen LogP contribution in [0.1, 0.15) is 5.56 Å². The first-order valence-corrected chi connectivity index (χ1v) is 8.59. The van der Waals surface area contributed by atoms with Crippen LogP contribution in [0.25, 0.3) is 0 Å². The van der Waals surface area contributed by atoms with Gasteiger partial charge in [0.15, 0.2) is 0 Å². The minimum Gasteiger partial charge on any atom is -0.280 e. The molecule has 0 aromatic heterocycles. The smallest absolute Gasteiger partial charge is 0.270 e. The number of aryl methyl sites for hydroxylation is 1. The fraction of sp³-hybridized carbons (Fsp3) is 0.0769. The second kappa shape index (κ2) is 6.23. The number of hydrogen-bond acceptors (Lipinski definition) is 4. The monoisotopic (exact) mass is 404 g/mol. The maximum Gasteiger partial charge on any atom is 0.270 e. The second-order valence-electron chi connectivity index (χ2n) is 4.44. The van der Waals surface area contributed by atoms with Crippen LogP contribution in [-0.4, -0.2) is 13.3 Å². The van der Waals surface area contributed by atoms with E-state index in [1.165, 1.54) is 24.3 Å². The summed E-state index contributed by atoms with van der Waals surface area (Å²) in [5.74, 6) is 0. The van der Waals surface area contributed by atoms with Gasteiger partial charge in [-0.25, -0.2) is 8.42 Å². The van der Waals surface area contributed by atoms with Gasteiger partial charge in [0.25, 0.3) is 15.7 Å². The van der Waals surface area contributed by atoms with Crippen molar-refractivity contribution in [2.45, 2.75) is 11.8 Å². The number of benzene rings is 2. The standard InChI is InChI=1S/C13H10BrClN2O4S/c1-8-2-4-10(17(18)19)7-13(8)22(20,21)16-9-3-5-11(14)12(15)6-9/h2-7,16H,1H3. The number of anilines is 1. The molecule has 9 heteroatoms. The van der Waals surface area contributed by atoms with Gasteiger partial charge in [-0.2, -0.15) is 0 Å². The van der Waals surface area contributed by atoms with Crippen LogP contribution in [0.2, 0.25) is 5.02 Å². The first kappa shape index (κ1) is 16.7. The third-order valence-electron chi connectivity index (χ3n) is 2.84. The Hall–Kier alpha value is -1.64. The van der Waals surface area contributed by atoms with E-state index in [-0.39, 0.29) is 16.3 Å². The molecule has 116 valence electrons. The van der Waals surface area contributed by atoms with Crippen molar-refractivity contribution in [1.29, 1.82) is 0 Å². The predicted octanol–water partition coefficient (Wildman–Crippen LogP) is 4.12. The van der Waals surface area contributed by atoms with Gasteiger partial charge in [-0.1, -0.05) is 17.7 Å². The fourth-order valence-electron chi connectivity index (χ4n) is 1.76. The Balaban J connectivity index is 2.44. The molecule has 0 fully saturated rings. The number of non-ortho nitro benzene ring substituents is 1. The number of nitrogens with one attached hydrogen (secondary N) is 1. The van der Waals surface area contributed by atoms with E-state index in [1.807, 2.05) is 0 Å². The summed E-state index contributed by atoms with van der Waals surface area (Å²) in [7, 11) is -3.96. The molecule has 1 N–H and O–H groups in total. The summed E-state index contributed by atoms with van der Waals surface area (Å²) >= 11 is 9.12. The Bertz CT molecular complexity index is 855. The molecule has 0 bridgehead atoms. The van der Waals surface area contributed by atoms with Crippen molar-refractivity contribution in [2.75, 3.05) is 4.72 Å². The summed E-state index contributed by atoms with van der Waals surface area (Å²) in [6.07, 6.45) is 0. The number of nitrogens with zero attached hydrogens (tertiary/aromatic N) is 1. The van der Waals surface area contributed by atoms with Gasteiger partial charge in [-0.3, -0.25) is 14.8 Å². The number of sulfonamides is 1. The summed E-state index contributed by atoms with van der Waals surface area (Å²) in [6, 6.07) is 8.24. The Morgan fingerprint density at radius 2 is 1.91 bits per heavy atom. The SMILES string of the molecule is Cc1ccc([N+](=O)[O-])cc1S(=O)(=O)Nc1ccc(Br)c(Cl)c1. The summed E-state index contributed by atoms with van der Waals surface area (Å²) in [5.41, 5.74) is 0.375. The maximum atomic E-state index is 12.4. The largest absolute Gasteiger partial charge is 0.280 e. The molecule has 22 heavy (non-hydrogen) atoms. The zero-order valence-electron chi connectivity index (χ0n) is 11.2. The lowest BCUT2D eigenvalue weighted by molar-refractivity contribution is -0.385. The Labute approximate surface area is 140 Å². The molecule has 0 radical (unpaired) electrons. The van der Waals surface area contributed by atoms with E-state index in [2.05, 4.69) is 20.7 Å². The number of halogens is 2. The molecule has 0 saturated heterocycles. The van der Waals surface area contributed by atoms with Gasteiger partial charge in [0.2, 0.25) is 0 Å². The van der Waals surface area contributed by atoms with Crippen molar-refractivity contribution in [1.82, 2.24) is 0 Å². The van der Waals surface area contributed by atoms with Crippen molar-refractivity contribution in [2.24, 2.45) is 0 Å². The third kappa shape index (κ3) is 3.57. The lowest BCUT2D eigenvalue weighted by Gasteiger charge is -2.11. The topological polar surface area (TPSA) is 89.3 Å². The average molecular weight is 406 g/mol. The van der Waals surface area contributed by atoms with E-state index in [1.54, 1.807) is 13.0 Å². The summed E-state index contributed by atoms with van der Waals surface area (Å²) in [4.78, 5) is 10.0. The normalized spacial score (nSPS) is 11.2. The number of nitro benzene ring substituents is 1. The molecule has 6 nitrogen and oxygen atoms in total. The lowest BCUT2D eigenvalue weighted by atomic mass is 10.2. The van der Waals surface area contributed by atoms with E-state index in [0.717, 1.165) is 6.07 Å². The maximum absolute atomic E-state index is 12.4. The minimum absolute atomic E-state index is 0.152. The minimum atomic E-state index is -3.96. The molecule has 0 aliphatic carbocycles. The van der Waals surface area contributed by atoms with E-state index >= 15 is 0 Å². The van der Waals surface area contributed by atoms with Gasteiger partial charge in [0, 0.05) is 16.6 Å². The van der Waals surface area contributed by atoms with Gasteiger partial charge >= 0.3 is 0 Å². The molecule has 2 aromatic carbocycles. The Kier molecular flexibility index (Phi) is 4.74. The third-order valence-corrected chi connectivity index (χ3v) is 5.60. The second-order valence-corrected chi connectivity index (χ2v) is 7.35. The van der Waals surface area contributed by atoms with Crippen LogP contribution in [0.4, 0.5) is 11.4 Å². The predicted molar refractivity (Wildman–Crippen MR) is 87.8 cm³/mol. The molecule has 2 rings (SSSR count). The highest BCUT2D eigenvalue weighted by Crippen LogP contribution is 2.28. The van der Waals surface area contributed by atoms with Crippen molar-refractivity contribution in [3.8, 4) is 0 Å². The summed E-state index contributed by atoms with van der Waals surface area (Å²) in [6.45, 7) is 1.56. The zero-order valence-corrected chi connectivity index (χ0v) is 14.4. The molecule has 0 spiro atoms. The molecule has 0 heterocycles. The van der Waals surface area contributed by atoms with Crippen LogP contribution in [0.3, 0.4) is 0 Å². The first-order chi connectivity index (χ1) is 10.2. The van der Waals surface area contributed by atoms with Gasteiger partial charge < -0.3 is 0 Å². The molecular formula is C13H10BrClN2O4S. The van der Waals surface area contributed by atoms with E-state index < -0.39 is 14.9 Å². The van der Waals surface area contributed by atoms with Crippen LogP contribution in [0.5, 0.6) is 0 Å². The van der Waals surface area contributed by atoms with Gasteiger partial charge in [0.1, 0.15) is 0 Å². The van der Waals surface area contributed by atoms with Crippen LogP contribution in [0, 0.1) is 17.0 Å². The van der Waals surface area contributed by atoms with Crippen molar-refractivity contribution in [3.63, 3.8) is 0 Å². The van der Waals surface area contributed by atoms with E-state index in [9.17, 15) is 18.5 Å². The van der Waals surface area contributed by atoms with Crippen molar-refractivity contribution < 1.29 is 13.3 Å². The molecular weight excluding hydrogens is 396 g/mol. The number of rotatable bonds is 4. The zero-order chi connectivity index (χ0) is 16.5. The van der Waals surface area contributed by atoms with Crippen LogP contribution in [0.15, 0.2) is 45.8 Å². The van der Waals surface area contributed by atoms with Crippen LogP contribution in [-0.2, 0) is 10.0 Å². The van der Waals surface area contributed by atoms with E-state index in [4.69, 9.17) is 11.6 Å². The van der Waals surface area contributed by atoms with Crippen LogP contribution >= 0.6 is 27.5 Å². The highest BCUT2D eigenvalue weighted by Gasteiger charge is 2.20. The fourth-order valence-corrected chi connectivity index (χ4v) is 3.50. The van der Waals surface area contributed by atoms with Gasteiger partial charge in [0.05, 0.1) is 20.5 Å². The lowest BCUT2D eigenvalue weighted by Crippen LogP contribution is -2.14. The number of hydrogen-bond donors (Lipinski definition) is 1. The van der Waals surface area contributed by atoms with Crippen LogP contribution < -0.4 is 4.72 Å². The summed E-state index contributed by atoms with van der Waals surface area (Å²) in [5, 5.41) is 11.1. The highest BCUT2D eigenvalue weighted by atomic mass is 79.9. The molecule has 0 aliphatic rings. The molecule has 2 aromatic rings. The summed E-state index contributed by atoms with van der Waals surface area (Å²) < 4.78 is 27.8. The van der Waals surface area contributed by atoms with Crippen molar-refractivity contribution >= 4 is 48.9 Å². The highest BCUT2D eigenvalue weighted by molar-refractivity contribution is 9.10. The van der Waals surface area contributed by atoms with E-state index in [0.29, 0.717) is 15.1 Å². The molecule has 0 atom stereocenters. The Morgan fingerprint density at radius 1 is 1.23 bits per heavy atom. The average Bonchev–Trinajstić information content (AvgIpc) is 2.42. The van der Waals surface area contributed by atoms with Gasteiger partial charge in [-0.15, -0.1) is 0 Å². The molecule has 0 unspecified atom stereocenters.